The molecule has 0 spiro atoms. The predicted octanol–water partition coefficient (Wildman–Crippen LogP) is 5.33. The third-order valence-electron chi connectivity index (χ3n) is 6.47. The summed E-state index contributed by atoms with van der Waals surface area (Å²) in [6, 6.07) is 9.85. The van der Waals surface area contributed by atoms with Gasteiger partial charge in [0.15, 0.2) is 0 Å². The van der Waals surface area contributed by atoms with Crippen LogP contribution in [0.5, 0.6) is 0 Å². The number of rotatable bonds is 17. The van der Waals surface area contributed by atoms with E-state index >= 15 is 0 Å². The molecule has 0 heterocycles. The van der Waals surface area contributed by atoms with Gasteiger partial charge in [0.2, 0.25) is 0 Å². The van der Waals surface area contributed by atoms with Crippen LogP contribution in [0.25, 0.3) is 10.8 Å². The van der Waals surface area contributed by atoms with Gasteiger partial charge in [0.1, 0.15) is 10.1 Å². The fourth-order valence-corrected chi connectivity index (χ4v) is 5.27. The standard InChI is InChI=1S/C28H44O3S.K/c1-3-5-7-9-11-13-15-17-24-19-20-25-22-26(18-16-14-12-10-8-6-4-2)28(32(29,30)31)23-27(25)21-24;/h19-23H,3-18H2,1-2H3,(H,29,30,31);/q;+1/p-1. The van der Waals surface area contributed by atoms with E-state index in [4.69, 9.17) is 0 Å². The van der Waals surface area contributed by atoms with Gasteiger partial charge in [-0.3, -0.25) is 0 Å². The third-order valence-corrected chi connectivity index (χ3v) is 7.39. The Morgan fingerprint density at radius 3 is 1.70 bits per heavy atom. The zero-order valence-corrected chi connectivity index (χ0v) is 25.3. The molecule has 0 fully saturated rings. The van der Waals surface area contributed by atoms with Crippen LogP contribution in [0, 0.1) is 0 Å². The van der Waals surface area contributed by atoms with Crippen LogP contribution in [0.15, 0.2) is 35.2 Å². The molecule has 0 aliphatic heterocycles. The SMILES string of the molecule is CCCCCCCCCc1ccc2cc(CCCCCCCCC)c(S(=O)(=O)[O-])cc2c1.[K+]. The van der Waals surface area contributed by atoms with Gasteiger partial charge < -0.3 is 4.55 Å². The van der Waals surface area contributed by atoms with Crippen LogP contribution < -0.4 is 51.4 Å². The fourth-order valence-electron chi connectivity index (χ4n) is 4.52. The van der Waals surface area contributed by atoms with Crippen molar-refractivity contribution in [2.45, 2.75) is 121 Å². The molecule has 0 aliphatic carbocycles. The first-order valence-corrected chi connectivity index (χ1v) is 14.4. The first kappa shape index (κ1) is 31.3. The van der Waals surface area contributed by atoms with E-state index < -0.39 is 10.1 Å². The second kappa shape index (κ2) is 17.6. The van der Waals surface area contributed by atoms with Crippen LogP contribution in [0.2, 0.25) is 0 Å². The Kier molecular flexibility index (Phi) is 16.7. The second-order valence-corrected chi connectivity index (χ2v) is 10.7. The molecule has 2 rings (SSSR count). The van der Waals surface area contributed by atoms with Gasteiger partial charge in [-0.05, 0) is 59.7 Å². The van der Waals surface area contributed by atoms with Gasteiger partial charge in [-0.25, -0.2) is 8.42 Å². The molecule has 180 valence electrons. The minimum absolute atomic E-state index is 0. The summed E-state index contributed by atoms with van der Waals surface area (Å²) in [7, 11) is -4.47. The Balaban J connectivity index is 0.00000544. The molecule has 0 atom stereocenters. The van der Waals surface area contributed by atoms with Gasteiger partial charge in [0.25, 0.3) is 0 Å². The smallest absolute Gasteiger partial charge is 0.744 e. The van der Waals surface area contributed by atoms with Crippen LogP contribution >= 0.6 is 0 Å². The summed E-state index contributed by atoms with van der Waals surface area (Å²) in [5.41, 5.74) is 1.90. The van der Waals surface area contributed by atoms with Crippen molar-refractivity contribution in [2.24, 2.45) is 0 Å². The summed E-state index contributed by atoms with van der Waals surface area (Å²) in [6.07, 6.45) is 18.8. The number of hydrogen-bond donors (Lipinski definition) is 0. The summed E-state index contributed by atoms with van der Waals surface area (Å²) in [5, 5.41) is 1.89. The number of fused-ring (bicyclic) bond motifs is 1. The van der Waals surface area contributed by atoms with E-state index in [1.54, 1.807) is 6.07 Å². The van der Waals surface area contributed by atoms with E-state index in [-0.39, 0.29) is 56.3 Å². The summed E-state index contributed by atoms with van der Waals surface area (Å²) in [5.74, 6) is 0. The molecule has 0 saturated heterocycles. The minimum atomic E-state index is -4.47. The van der Waals surface area contributed by atoms with Crippen molar-refractivity contribution >= 4 is 20.9 Å². The third kappa shape index (κ3) is 12.2. The van der Waals surface area contributed by atoms with Gasteiger partial charge in [0, 0.05) is 0 Å². The van der Waals surface area contributed by atoms with Crippen molar-refractivity contribution in [1.82, 2.24) is 0 Å². The van der Waals surface area contributed by atoms with Crippen LogP contribution in [0.1, 0.15) is 115 Å². The maximum atomic E-state index is 12.0. The Bertz CT molecular complexity index is 909. The van der Waals surface area contributed by atoms with Gasteiger partial charge in [-0.1, -0.05) is 109 Å². The van der Waals surface area contributed by atoms with E-state index in [1.165, 1.54) is 76.2 Å². The van der Waals surface area contributed by atoms with Gasteiger partial charge in [0.05, 0.1) is 4.90 Å². The first-order chi connectivity index (χ1) is 15.5. The Morgan fingerprint density at radius 2 is 1.15 bits per heavy atom. The molecule has 2 aromatic rings. The van der Waals surface area contributed by atoms with Crippen LogP contribution in [0.4, 0.5) is 0 Å². The fraction of sp³-hybridized carbons (Fsp3) is 0.643. The molecule has 0 aliphatic rings. The van der Waals surface area contributed by atoms with E-state index in [9.17, 15) is 13.0 Å². The van der Waals surface area contributed by atoms with Crippen molar-refractivity contribution < 1.29 is 64.4 Å². The van der Waals surface area contributed by atoms with E-state index in [0.29, 0.717) is 12.0 Å². The molecule has 0 unspecified atom stereocenters. The monoisotopic (exact) mass is 498 g/mol. The van der Waals surface area contributed by atoms with Crippen molar-refractivity contribution in [3.05, 3.63) is 41.5 Å². The molecule has 0 radical (unpaired) electrons. The summed E-state index contributed by atoms with van der Waals surface area (Å²) in [4.78, 5) is -0.0240. The summed E-state index contributed by atoms with van der Waals surface area (Å²) < 4.78 is 35.9. The first-order valence-electron chi connectivity index (χ1n) is 13.0. The van der Waals surface area contributed by atoms with Gasteiger partial charge in [-0.2, -0.15) is 0 Å². The van der Waals surface area contributed by atoms with Gasteiger partial charge in [-0.15, -0.1) is 0 Å². The molecule has 0 aromatic heterocycles. The molecule has 33 heavy (non-hydrogen) atoms. The maximum absolute atomic E-state index is 12.0. The minimum Gasteiger partial charge on any atom is -0.744 e. The van der Waals surface area contributed by atoms with Crippen LogP contribution in [-0.2, 0) is 23.0 Å². The zero-order valence-electron chi connectivity index (χ0n) is 21.3. The van der Waals surface area contributed by atoms with Gasteiger partial charge >= 0.3 is 51.4 Å². The molecule has 2 aromatic carbocycles. The molecular weight excluding hydrogens is 455 g/mol. The topological polar surface area (TPSA) is 57.2 Å². The molecule has 0 N–H and O–H groups in total. The Morgan fingerprint density at radius 1 is 0.636 bits per heavy atom. The maximum Gasteiger partial charge on any atom is 1.00 e. The molecule has 3 nitrogen and oxygen atoms in total. The van der Waals surface area contributed by atoms with Crippen LogP contribution in [-0.4, -0.2) is 13.0 Å². The molecule has 0 bridgehead atoms. The van der Waals surface area contributed by atoms with E-state index in [2.05, 4.69) is 32.0 Å². The van der Waals surface area contributed by atoms with Crippen molar-refractivity contribution in [3.8, 4) is 0 Å². The van der Waals surface area contributed by atoms with Crippen LogP contribution in [0.3, 0.4) is 0 Å². The van der Waals surface area contributed by atoms with Crippen molar-refractivity contribution in [3.63, 3.8) is 0 Å². The predicted molar refractivity (Wildman–Crippen MR) is 135 cm³/mol. The summed E-state index contributed by atoms with van der Waals surface area (Å²) >= 11 is 0. The number of unbranched alkanes of at least 4 members (excludes halogenated alkanes) is 12. The molecule has 0 amide bonds. The second-order valence-electron chi connectivity index (χ2n) is 9.34. The molecule has 0 saturated carbocycles. The number of benzene rings is 2. The quantitative estimate of drug-likeness (QED) is 0.168. The van der Waals surface area contributed by atoms with Crippen molar-refractivity contribution in [1.29, 1.82) is 0 Å². The summed E-state index contributed by atoms with van der Waals surface area (Å²) in [6.45, 7) is 4.45. The average molecular weight is 499 g/mol. The Labute approximate surface area is 245 Å². The van der Waals surface area contributed by atoms with Crippen molar-refractivity contribution in [2.75, 3.05) is 0 Å². The number of hydrogen-bond acceptors (Lipinski definition) is 3. The number of aryl methyl sites for hydroxylation is 2. The molecule has 5 heteroatoms. The molecular formula is C28H43KO3S. The van der Waals surface area contributed by atoms with E-state index in [0.717, 1.165) is 36.5 Å². The Hall–Kier alpha value is 0.246. The van der Waals surface area contributed by atoms with E-state index in [1.807, 2.05) is 6.07 Å². The normalized spacial score (nSPS) is 11.6. The largest absolute Gasteiger partial charge is 1.00 e. The zero-order chi connectivity index (χ0) is 23.2. The average Bonchev–Trinajstić information content (AvgIpc) is 2.76.